The topological polar surface area (TPSA) is 45.5 Å². The Morgan fingerprint density at radius 2 is 1.71 bits per heavy atom. The summed E-state index contributed by atoms with van der Waals surface area (Å²) >= 11 is 0. The largest absolute Gasteiger partial charge is 0.369 e. The van der Waals surface area contributed by atoms with E-state index < -0.39 is 0 Å². The van der Waals surface area contributed by atoms with Gasteiger partial charge in [-0.1, -0.05) is 42.0 Å². The number of aryl methyl sites for hydroxylation is 1. The summed E-state index contributed by atoms with van der Waals surface area (Å²) in [4.78, 5) is 7.14. The fourth-order valence-corrected chi connectivity index (χ4v) is 3.83. The van der Waals surface area contributed by atoms with Crippen molar-refractivity contribution in [3.05, 3.63) is 72.7 Å². The van der Waals surface area contributed by atoms with Crippen molar-refractivity contribution < 1.29 is 0 Å². The zero-order valence-electron chi connectivity index (χ0n) is 16.0. The Morgan fingerprint density at radius 1 is 0.893 bits per heavy atom. The van der Waals surface area contributed by atoms with Gasteiger partial charge in [0, 0.05) is 55.4 Å². The lowest BCUT2D eigenvalue weighted by atomic mass is 10.1. The Balaban J connectivity index is 1.45. The number of nitrogens with zero attached hydrogens (tertiary/aromatic N) is 4. The first-order valence-corrected chi connectivity index (χ1v) is 9.74. The van der Waals surface area contributed by atoms with E-state index in [0.717, 1.165) is 54.1 Å². The van der Waals surface area contributed by atoms with Gasteiger partial charge in [0.15, 0.2) is 5.65 Å². The van der Waals surface area contributed by atoms with Gasteiger partial charge in [0.25, 0.3) is 0 Å². The number of hydrogen-bond donors (Lipinski definition) is 1. The Morgan fingerprint density at radius 3 is 2.50 bits per heavy atom. The second kappa shape index (κ2) is 7.09. The number of rotatable bonds is 3. The highest BCUT2D eigenvalue weighted by Crippen LogP contribution is 2.27. The minimum absolute atomic E-state index is 0.881. The van der Waals surface area contributed by atoms with Crippen LogP contribution in [0.5, 0.6) is 0 Å². The first-order chi connectivity index (χ1) is 13.8. The Labute approximate surface area is 164 Å². The van der Waals surface area contributed by atoms with E-state index in [4.69, 9.17) is 4.98 Å². The molecular weight excluding hydrogens is 346 g/mol. The predicted octanol–water partition coefficient (Wildman–Crippen LogP) is 3.78. The molecule has 0 amide bonds. The van der Waals surface area contributed by atoms with Gasteiger partial charge in [0.2, 0.25) is 0 Å². The molecule has 2 aromatic carbocycles. The van der Waals surface area contributed by atoms with E-state index in [2.05, 4.69) is 77.0 Å². The van der Waals surface area contributed by atoms with Gasteiger partial charge in [0.1, 0.15) is 0 Å². The van der Waals surface area contributed by atoms with Crippen molar-refractivity contribution in [2.45, 2.75) is 6.92 Å². The summed E-state index contributed by atoms with van der Waals surface area (Å²) in [6, 6.07) is 17.2. The van der Waals surface area contributed by atoms with E-state index in [1.165, 1.54) is 11.3 Å². The molecule has 0 spiro atoms. The summed E-state index contributed by atoms with van der Waals surface area (Å²) < 4.78 is 1.87. The molecule has 0 radical (unpaired) electrons. The zero-order chi connectivity index (χ0) is 18.9. The van der Waals surface area contributed by atoms with Crippen LogP contribution in [0.15, 0.2) is 67.1 Å². The minimum Gasteiger partial charge on any atom is -0.369 e. The zero-order valence-corrected chi connectivity index (χ0v) is 16.0. The van der Waals surface area contributed by atoms with E-state index >= 15 is 0 Å². The van der Waals surface area contributed by atoms with Crippen LogP contribution < -0.4 is 10.2 Å². The Bertz CT molecular complexity index is 1110. The van der Waals surface area contributed by atoms with Crippen molar-refractivity contribution in [2.75, 3.05) is 31.1 Å². The molecule has 1 saturated heterocycles. The first kappa shape index (κ1) is 17.0. The smallest absolute Gasteiger partial charge is 0.162 e. The second-order valence-corrected chi connectivity index (χ2v) is 7.32. The fraction of sp³-hybridized carbons (Fsp3) is 0.217. The molecule has 0 saturated carbocycles. The summed E-state index contributed by atoms with van der Waals surface area (Å²) in [5, 5.41) is 7.94. The summed E-state index contributed by atoms with van der Waals surface area (Å²) in [7, 11) is 0. The molecule has 28 heavy (non-hydrogen) atoms. The maximum atomic E-state index is 4.72. The van der Waals surface area contributed by atoms with E-state index in [-0.39, 0.29) is 0 Å². The Kier molecular flexibility index (Phi) is 4.29. The summed E-state index contributed by atoms with van der Waals surface area (Å²) in [5.74, 6) is 0. The van der Waals surface area contributed by atoms with Gasteiger partial charge in [-0.25, -0.2) is 9.50 Å². The van der Waals surface area contributed by atoms with Crippen LogP contribution in [-0.4, -0.2) is 40.8 Å². The highest BCUT2D eigenvalue weighted by Gasteiger charge is 2.12. The third-order valence-electron chi connectivity index (χ3n) is 5.37. The van der Waals surface area contributed by atoms with Crippen molar-refractivity contribution in [1.29, 1.82) is 0 Å². The monoisotopic (exact) mass is 369 g/mol. The number of piperazine rings is 1. The molecule has 140 valence electrons. The maximum Gasteiger partial charge on any atom is 0.162 e. The lowest BCUT2D eigenvalue weighted by Crippen LogP contribution is -2.43. The molecule has 1 fully saturated rings. The van der Waals surface area contributed by atoms with Crippen LogP contribution in [0, 0.1) is 6.92 Å². The molecular formula is C23H23N5. The van der Waals surface area contributed by atoms with Crippen LogP contribution >= 0.6 is 0 Å². The molecule has 5 rings (SSSR count). The maximum absolute atomic E-state index is 4.72. The number of anilines is 1. The highest BCUT2D eigenvalue weighted by atomic mass is 15.2. The number of fused-ring (bicyclic) bond motifs is 1. The average molecular weight is 369 g/mol. The molecule has 3 heterocycles. The molecule has 0 bridgehead atoms. The second-order valence-electron chi connectivity index (χ2n) is 7.32. The van der Waals surface area contributed by atoms with Crippen LogP contribution in [0.3, 0.4) is 0 Å². The van der Waals surface area contributed by atoms with Crippen molar-refractivity contribution in [2.24, 2.45) is 0 Å². The lowest BCUT2D eigenvalue weighted by Gasteiger charge is -2.29. The van der Waals surface area contributed by atoms with E-state index in [9.17, 15) is 0 Å². The quantitative estimate of drug-likeness (QED) is 0.597. The van der Waals surface area contributed by atoms with Crippen LogP contribution in [0.25, 0.3) is 27.9 Å². The van der Waals surface area contributed by atoms with Gasteiger partial charge in [-0.3, -0.25) is 0 Å². The number of nitrogens with one attached hydrogen (secondary N) is 1. The van der Waals surface area contributed by atoms with Crippen molar-refractivity contribution in [3.63, 3.8) is 0 Å². The van der Waals surface area contributed by atoms with E-state index in [1.807, 2.05) is 16.9 Å². The minimum atomic E-state index is 0.881. The summed E-state index contributed by atoms with van der Waals surface area (Å²) in [6.45, 7) is 6.31. The van der Waals surface area contributed by atoms with Gasteiger partial charge < -0.3 is 10.2 Å². The van der Waals surface area contributed by atoms with Crippen LogP contribution in [0.4, 0.5) is 5.69 Å². The van der Waals surface area contributed by atoms with Gasteiger partial charge >= 0.3 is 0 Å². The van der Waals surface area contributed by atoms with Gasteiger partial charge in [-0.05, 0) is 30.2 Å². The highest BCUT2D eigenvalue weighted by molar-refractivity contribution is 5.78. The molecule has 1 N–H and O–H groups in total. The van der Waals surface area contributed by atoms with Crippen LogP contribution in [0.1, 0.15) is 5.56 Å². The third-order valence-corrected chi connectivity index (χ3v) is 5.37. The molecule has 1 aliphatic heterocycles. The number of benzene rings is 2. The van der Waals surface area contributed by atoms with Crippen LogP contribution in [-0.2, 0) is 0 Å². The van der Waals surface area contributed by atoms with Crippen molar-refractivity contribution in [3.8, 4) is 22.3 Å². The van der Waals surface area contributed by atoms with Gasteiger partial charge in [-0.15, -0.1) is 0 Å². The molecule has 0 unspecified atom stereocenters. The van der Waals surface area contributed by atoms with Crippen molar-refractivity contribution in [1.82, 2.24) is 19.9 Å². The van der Waals surface area contributed by atoms with E-state index in [1.54, 1.807) is 0 Å². The van der Waals surface area contributed by atoms with Gasteiger partial charge in [-0.2, -0.15) is 5.10 Å². The molecule has 4 aromatic rings. The number of aromatic nitrogens is 3. The number of hydrogen-bond acceptors (Lipinski definition) is 4. The first-order valence-electron chi connectivity index (χ1n) is 9.74. The molecule has 5 nitrogen and oxygen atoms in total. The Hall–Kier alpha value is -3.18. The lowest BCUT2D eigenvalue weighted by molar-refractivity contribution is 0.589. The molecule has 5 heteroatoms. The van der Waals surface area contributed by atoms with Crippen LogP contribution in [0.2, 0.25) is 0 Å². The van der Waals surface area contributed by atoms with E-state index in [0.29, 0.717) is 0 Å². The molecule has 1 aliphatic rings. The summed E-state index contributed by atoms with van der Waals surface area (Å²) in [6.07, 6.45) is 5.89. The normalized spacial score (nSPS) is 14.5. The molecule has 2 aromatic heterocycles. The SMILES string of the molecule is Cc1cccc(-c2cnn3cc(-c4ccc(N5CCNCC5)cc4)cnc23)c1. The average Bonchev–Trinajstić information content (AvgIpc) is 3.18. The molecule has 0 atom stereocenters. The van der Waals surface area contributed by atoms with Gasteiger partial charge in [0.05, 0.1) is 6.20 Å². The fourth-order valence-electron chi connectivity index (χ4n) is 3.83. The molecule has 0 aliphatic carbocycles. The predicted molar refractivity (Wildman–Crippen MR) is 114 cm³/mol. The summed E-state index contributed by atoms with van der Waals surface area (Å²) in [5.41, 5.74) is 7.82. The third kappa shape index (κ3) is 3.14. The van der Waals surface area contributed by atoms with Crippen molar-refractivity contribution >= 4 is 11.3 Å². The standard InChI is InChI=1S/C23H23N5/c1-17-3-2-4-19(13-17)22-15-26-28-16-20(14-25-23(22)28)18-5-7-21(8-6-18)27-11-9-24-10-12-27/h2-8,13-16,24H,9-12H2,1H3.